The lowest BCUT2D eigenvalue weighted by Crippen LogP contribution is -2.29. The van der Waals surface area contributed by atoms with E-state index in [-0.39, 0.29) is 9.92 Å². The van der Waals surface area contributed by atoms with Crippen molar-refractivity contribution in [2.24, 2.45) is 0 Å². The van der Waals surface area contributed by atoms with Gasteiger partial charge in [-0.15, -0.1) is 0 Å². The molecule has 1 aromatic carbocycles. The second-order valence-electron chi connectivity index (χ2n) is 3.13. The molecule has 0 bridgehead atoms. The summed E-state index contributed by atoms with van der Waals surface area (Å²) >= 11 is 5.68. The van der Waals surface area contributed by atoms with Crippen molar-refractivity contribution in [1.29, 1.82) is 0 Å². The third-order valence-corrected chi connectivity index (χ3v) is 3.63. The fourth-order valence-corrected chi connectivity index (χ4v) is 2.58. The second-order valence-corrected chi connectivity index (χ2v) is 5.30. The summed E-state index contributed by atoms with van der Waals surface area (Å²) < 4.78 is 25.3. The van der Waals surface area contributed by atoms with Gasteiger partial charge in [0.15, 0.2) is 0 Å². The molecule has 1 aromatic rings. The number of nitrogens with one attached hydrogen (secondary N) is 1. The molecule has 0 spiro atoms. The molecular weight excluding hydrogens is 254 g/mol. The lowest BCUT2D eigenvalue weighted by atomic mass is 10.2. The van der Waals surface area contributed by atoms with Crippen molar-refractivity contribution in [3.63, 3.8) is 0 Å². The van der Waals surface area contributed by atoms with Crippen LogP contribution in [0.3, 0.4) is 0 Å². The molecule has 0 radical (unpaired) electrons. The van der Waals surface area contributed by atoms with Gasteiger partial charge in [0.25, 0.3) is 0 Å². The van der Waals surface area contributed by atoms with E-state index < -0.39 is 22.5 Å². The van der Waals surface area contributed by atoms with Gasteiger partial charge in [-0.1, -0.05) is 17.7 Å². The van der Waals surface area contributed by atoms with Crippen molar-refractivity contribution in [2.75, 3.05) is 6.54 Å². The van der Waals surface area contributed by atoms with E-state index in [0.717, 1.165) is 0 Å². The van der Waals surface area contributed by atoms with Crippen LogP contribution in [0.15, 0.2) is 23.1 Å². The Morgan fingerprint density at radius 2 is 2.12 bits per heavy atom. The first-order valence-electron chi connectivity index (χ1n) is 4.30. The number of hydrogen-bond donors (Lipinski definition) is 2. The van der Waals surface area contributed by atoms with E-state index in [9.17, 15) is 13.2 Å². The van der Waals surface area contributed by atoms with Crippen LogP contribution in [0, 0.1) is 6.92 Å². The predicted molar refractivity (Wildman–Crippen MR) is 59.0 cm³/mol. The fourth-order valence-electron chi connectivity index (χ4n) is 1.10. The summed E-state index contributed by atoms with van der Waals surface area (Å²) in [6, 6.07) is 4.39. The van der Waals surface area contributed by atoms with Gasteiger partial charge < -0.3 is 5.11 Å². The summed E-state index contributed by atoms with van der Waals surface area (Å²) in [6.45, 7) is 0.944. The van der Waals surface area contributed by atoms with E-state index in [1.807, 2.05) is 4.72 Å². The van der Waals surface area contributed by atoms with Crippen LogP contribution < -0.4 is 4.72 Å². The van der Waals surface area contributed by atoms with Gasteiger partial charge in [-0.2, -0.15) is 4.72 Å². The van der Waals surface area contributed by atoms with Gasteiger partial charge in [0.05, 0.1) is 4.90 Å². The summed E-state index contributed by atoms with van der Waals surface area (Å²) in [5.41, 5.74) is 0.502. The van der Waals surface area contributed by atoms with Gasteiger partial charge in [0.2, 0.25) is 10.0 Å². The summed E-state index contributed by atoms with van der Waals surface area (Å²) in [5, 5.41) is 8.67. The average Bonchev–Trinajstić information content (AvgIpc) is 2.19. The molecule has 0 atom stereocenters. The maximum absolute atomic E-state index is 11.7. The number of aryl methyl sites for hydroxylation is 1. The minimum atomic E-state index is -3.82. The molecule has 0 unspecified atom stereocenters. The number of aliphatic carboxylic acids is 1. The zero-order valence-corrected chi connectivity index (χ0v) is 9.97. The molecule has 16 heavy (non-hydrogen) atoms. The largest absolute Gasteiger partial charge is 0.480 e. The van der Waals surface area contributed by atoms with Crippen LogP contribution in [0.1, 0.15) is 5.56 Å². The number of hydrogen-bond acceptors (Lipinski definition) is 3. The van der Waals surface area contributed by atoms with E-state index >= 15 is 0 Å². The molecule has 7 heteroatoms. The first kappa shape index (κ1) is 13.0. The Morgan fingerprint density at radius 3 is 2.69 bits per heavy atom. The van der Waals surface area contributed by atoms with Crippen LogP contribution >= 0.6 is 11.6 Å². The highest BCUT2D eigenvalue weighted by Gasteiger charge is 2.17. The Hall–Kier alpha value is -1.11. The number of sulfonamides is 1. The highest BCUT2D eigenvalue weighted by molar-refractivity contribution is 7.89. The maximum atomic E-state index is 11.7. The van der Waals surface area contributed by atoms with Gasteiger partial charge >= 0.3 is 5.97 Å². The number of carboxylic acids is 1. The fraction of sp³-hybridized carbons (Fsp3) is 0.222. The number of benzene rings is 1. The summed E-state index contributed by atoms with van der Waals surface area (Å²) in [4.78, 5) is 10.3. The third-order valence-electron chi connectivity index (χ3n) is 1.85. The lowest BCUT2D eigenvalue weighted by molar-refractivity contribution is -0.135. The van der Waals surface area contributed by atoms with Crippen molar-refractivity contribution in [1.82, 2.24) is 4.72 Å². The number of carboxylic acid groups (broad SMARTS) is 1. The molecular formula is C9H10ClNO4S. The van der Waals surface area contributed by atoms with Crippen molar-refractivity contribution >= 4 is 27.6 Å². The van der Waals surface area contributed by atoms with Gasteiger partial charge in [0.1, 0.15) is 6.54 Å². The second kappa shape index (κ2) is 4.82. The molecule has 2 N–H and O–H groups in total. The molecule has 0 aliphatic rings. The molecule has 5 nitrogen and oxygen atoms in total. The van der Waals surface area contributed by atoms with Crippen molar-refractivity contribution in [3.05, 3.63) is 28.8 Å². The minimum Gasteiger partial charge on any atom is -0.480 e. The molecule has 0 aliphatic heterocycles. The first-order chi connectivity index (χ1) is 7.33. The Morgan fingerprint density at radius 1 is 1.50 bits per heavy atom. The Bertz CT molecular complexity index is 512. The molecule has 0 saturated carbocycles. The zero-order valence-electron chi connectivity index (χ0n) is 8.40. The normalized spacial score (nSPS) is 11.4. The molecule has 1 rings (SSSR count). The van der Waals surface area contributed by atoms with E-state index in [0.29, 0.717) is 5.56 Å². The zero-order chi connectivity index (χ0) is 12.3. The summed E-state index contributed by atoms with van der Waals surface area (Å²) in [6.07, 6.45) is 0. The molecule has 0 amide bonds. The van der Waals surface area contributed by atoms with Gasteiger partial charge in [-0.25, -0.2) is 8.42 Å². The van der Waals surface area contributed by atoms with E-state index in [2.05, 4.69) is 0 Å². The van der Waals surface area contributed by atoms with Crippen LogP contribution in [0.4, 0.5) is 0 Å². The van der Waals surface area contributed by atoms with E-state index in [4.69, 9.17) is 16.7 Å². The highest BCUT2D eigenvalue weighted by Crippen LogP contribution is 2.19. The monoisotopic (exact) mass is 263 g/mol. The smallest absolute Gasteiger partial charge is 0.318 e. The van der Waals surface area contributed by atoms with Gasteiger partial charge in [-0.05, 0) is 24.6 Å². The maximum Gasteiger partial charge on any atom is 0.318 e. The molecule has 0 aromatic heterocycles. The molecule has 88 valence electrons. The van der Waals surface area contributed by atoms with Crippen molar-refractivity contribution in [3.8, 4) is 0 Å². The van der Waals surface area contributed by atoms with Gasteiger partial charge in [-0.3, -0.25) is 4.79 Å². The quantitative estimate of drug-likeness (QED) is 0.849. The average molecular weight is 264 g/mol. The topological polar surface area (TPSA) is 83.5 Å². The highest BCUT2D eigenvalue weighted by atomic mass is 35.5. The van der Waals surface area contributed by atoms with Crippen LogP contribution in [0.2, 0.25) is 5.02 Å². The van der Waals surface area contributed by atoms with Crippen LogP contribution in [-0.2, 0) is 14.8 Å². The van der Waals surface area contributed by atoms with Crippen molar-refractivity contribution in [2.45, 2.75) is 11.8 Å². The number of carbonyl (C=O) groups is 1. The van der Waals surface area contributed by atoms with Crippen LogP contribution in [0.25, 0.3) is 0 Å². The van der Waals surface area contributed by atoms with Crippen LogP contribution in [-0.4, -0.2) is 26.0 Å². The molecule has 0 saturated heterocycles. The Kier molecular flexibility index (Phi) is 3.90. The Balaban J connectivity index is 3.07. The first-order valence-corrected chi connectivity index (χ1v) is 6.16. The predicted octanol–water partition coefficient (Wildman–Crippen LogP) is 1.01. The Labute approximate surface area is 98.1 Å². The molecule has 0 fully saturated rings. The number of halogens is 1. The SMILES string of the molecule is Cc1ccc(Cl)cc1S(=O)(=O)NCC(=O)O. The molecule has 0 heterocycles. The number of rotatable bonds is 4. The minimum absolute atomic E-state index is 0.0127. The van der Waals surface area contributed by atoms with E-state index in [1.54, 1.807) is 19.1 Å². The van der Waals surface area contributed by atoms with Gasteiger partial charge in [0, 0.05) is 5.02 Å². The molecule has 0 aliphatic carbocycles. The third kappa shape index (κ3) is 3.19. The summed E-state index contributed by atoms with van der Waals surface area (Å²) in [5.74, 6) is -1.25. The summed E-state index contributed by atoms with van der Waals surface area (Å²) in [7, 11) is -3.82. The van der Waals surface area contributed by atoms with Crippen LogP contribution in [0.5, 0.6) is 0 Å². The standard InChI is InChI=1S/C9H10ClNO4S/c1-6-2-3-7(10)4-8(6)16(14,15)11-5-9(12)13/h2-4,11H,5H2,1H3,(H,12,13). The van der Waals surface area contributed by atoms with Crippen molar-refractivity contribution < 1.29 is 18.3 Å². The lowest BCUT2D eigenvalue weighted by Gasteiger charge is -2.07. The van der Waals surface area contributed by atoms with E-state index in [1.165, 1.54) is 6.07 Å².